The minimum atomic E-state index is 0.367. The van der Waals surface area contributed by atoms with Gasteiger partial charge in [0.15, 0.2) is 6.29 Å². The van der Waals surface area contributed by atoms with Crippen molar-refractivity contribution in [1.29, 1.82) is 0 Å². The van der Waals surface area contributed by atoms with Crippen molar-refractivity contribution < 1.29 is 4.79 Å². The number of halogens is 1. The van der Waals surface area contributed by atoms with Gasteiger partial charge in [0.1, 0.15) is 0 Å². The molecule has 1 rings (SSSR count). The van der Waals surface area contributed by atoms with Crippen LogP contribution in [0, 0.1) is 0 Å². The van der Waals surface area contributed by atoms with Gasteiger partial charge in [-0.25, -0.2) is 0 Å². The van der Waals surface area contributed by atoms with E-state index in [0.29, 0.717) is 28.1 Å². The first-order valence-corrected chi connectivity index (χ1v) is 4.23. The summed E-state index contributed by atoms with van der Waals surface area (Å²) in [5, 5.41) is 0.367. The second-order valence-corrected chi connectivity index (χ2v) is 3.03. The van der Waals surface area contributed by atoms with Crippen molar-refractivity contribution in [2.75, 3.05) is 0 Å². The van der Waals surface area contributed by atoms with E-state index >= 15 is 0 Å². The number of rotatable bonds is 3. The fraction of sp³-hybridized carbons (Fsp3) is 0. The van der Waals surface area contributed by atoms with E-state index < -0.39 is 0 Å². The van der Waals surface area contributed by atoms with Crippen molar-refractivity contribution in [3.63, 3.8) is 0 Å². The molecule has 74 valence electrons. The Balaban J connectivity index is 3.08. The molecule has 0 aliphatic carbocycles. The number of hydrogen-bond acceptors (Lipinski definition) is 4. The van der Waals surface area contributed by atoms with Gasteiger partial charge in [0.2, 0.25) is 0 Å². The topological polar surface area (TPSA) is 81.1 Å². The van der Waals surface area contributed by atoms with Crippen molar-refractivity contribution in [3.8, 4) is 0 Å². The molecule has 0 atom stereocenters. The van der Waals surface area contributed by atoms with Crippen LogP contribution in [0.15, 0.2) is 24.4 Å². The molecule has 14 heavy (non-hydrogen) atoms. The van der Waals surface area contributed by atoms with Crippen LogP contribution < -0.4 is 17.0 Å². The van der Waals surface area contributed by atoms with Crippen LogP contribution >= 0.6 is 11.6 Å². The summed E-state index contributed by atoms with van der Waals surface area (Å²) in [5.74, 6) is 5.07. The van der Waals surface area contributed by atoms with Crippen LogP contribution in [0.1, 0.15) is 15.9 Å². The lowest BCUT2D eigenvalue weighted by Gasteiger charge is -2.03. The highest BCUT2D eigenvalue weighted by Gasteiger charge is 2.02. The van der Waals surface area contributed by atoms with Gasteiger partial charge < -0.3 is 11.2 Å². The number of nitrogens with one attached hydrogen (secondary N) is 1. The Bertz CT molecular complexity index is 376. The third kappa shape index (κ3) is 2.25. The van der Waals surface area contributed by atoms with Gasteiger partial charge in [0, 0.05) is 17.3 Å². The molecule has 5 heteroatoms. The van der Waals surface area contributed by atoms with Gasteiger partial charge in [-0.15, -0.1) is 0 Å². The van der Waals surface area contributed by atoms with Crippen molar-refractivity contribution in [2.24, 2.45) is 11.6 Å². The standard InChI is InChI=1S/C9H10ClN3O/c10-8-3-6(9(11)4-13-12)1-2-7(8)5-14/h1-5,13H,11-12H2/b9-4-. The van der Waals surface area contributed by atoms with Gasteiger partial charge in [-0.05, 0) is 12.1 Å². The van der Waals surface area contributed by atoms with Crippen molar-refractivity contribution in [1.82, 2.24) is 5.43 Å². The first-order chi connectivity index (χ1) is 6.69. The van der Waals surface area contributed by atoms with Gasteiger partial charge >= 0.3 is 0 Å². The first kappa shape index (κ1) is 10.6. The minimum absolute atomic E-state index is 0.367. The Kier molecular flexibility index (Phi) is 3.50. The van der Waals surface area contributed by atoms with Crippen molar-refractivity contribution in [2.45, 2.75) is 0 Å². The lowest BCUT2D eigenvalue weighted by Crippen LogP contribution is -2.16. The van der Waals surface area contributed by atoms with Gasteiger partial charge in [0.05, 0.1) is 10.7 Å². The Hall–Kier alpha value is -1.52. The van der Waals surface area contributed by atoms with Crippen LogP contribution in [-0.4, -0.2) is 6.29 Å². The summed E-state index contributed by atoms with van der Waals surface area (Å²) in [6.45, 7) is 0. The van der Waals surface area contributed by atoms with Crippen LogP contribution in [0.2, 0.25) is 5.02 Å². The Morgan fingerprint density at radius 3 is 2.71 bits per heavy atom. The molecule has 0 unspecified atom stereocenters. The fourth-order valence-corrected chi connectivity index (χ4v) is 1.20. The van der Waals surface area contributed by atoms with E-state index in [1.54, 1.807) is 18.2 Å². The van der Waals surface area contributed by atoms with Crippen LogP contribution in [0.25, 0.3) is 5.70 Å². The normalized spacial score (nSPS) is 11.1. The van der Waals surface area contributed by atoms with Gasteiger partial charge in [-0.2, -0.15) is 0 Å². The number of benzene rings is 1. The zero-order valence-corrected chi connectivity index (χ0v) is 8.08. The second-order valence-electron chi connectivity index (χ2n) is 2.62. The van der Waals surface area contributed by atoms with E-state index in [0.717, 1.165) is 0 Å². The van der Waals surface area contributed by atoms with E-state index in [9.17, 15) is 4.79 Å². The minimum Gasteiger partial charge on any atom is -0.397 e. The maximum Gasteiger partial charge on any atom is 0.151 e. The summed E-state index contributed by atoms with van der Waals surface area (Å²) in [6.07, 6.45) is 2.12. The summed E-state index contributed by atoms with van der Waals surface area (Å²) in [4.78, 5) is 10.5. The van der Waals surface area contributed by atoms with E-state index in [-0.39, 0.29) is 0 Å². The first-order valence-electron chi connectivity index (χ1n) is 3.86. The monoisotopic (exact) mass is 211 g/mol. The molecule has 0 spiro atoms. The number of carbonyl (C=O) groups excluding carboxylic acids is 1. The summed E-state index contributed by atoms with van der Waals surface area (Å²) >= 11 is 5.81. The Labute approximate surface area is 86.5 Å². The SMILES string of the molecule is NN/C=C(\N)c1ccc(C=O)c(Cl)c1. The zero-order valence-electron chi connectivity index (χ0n) is 7.33. The molecule has 0 saturated carbocycles. The van der Waals surface area contributed by atoms with Crippen LogP contribution in [0.4, 0.5) is 0 Å². The van der Waals surface area contributed by atoms with E-state index in [4.69, 9.17) is 23.2 Å². The molecule has 0 aliphatic rings. The predicted molar refractivity (Wildman–Crippen MR) is 56.3 cm³/mol. The molecule has 0 bridgehead atoms. The Morgan fingerprint density at radius 1 is 1.50 bits per heavy atom. The molecule has 0 heterocycles. The number of hydrogen-bond donors (Lipinski definition) is 3. The molecule has 4 nitrogen and oxygen atoms in total. The number of hydrazine groups is 1. The largest absolute Gasteiger partial charge is 0.397 e. The Morgan fingerprint density at radius 2 is 2.21 bits per heavy atom. The predicted octanol–water partition coefficient (Wildman–Crippen LogP) is 0.873. The van der Waals surface area contributed by atoms with Crippen molar-refractivity contribution >= 4 is 23.6 Å². The van der Waals surface area contributed by atoms with Gasteiger partial charge in [0.25, 0.3) is 0 Å². The average Bonchev–Trinajstić information content (AvgIpc) is 2.18. The molecule has 0 fully saturated rings. The third-order valence-electron chi connectivity index (χ3n) is 1.70. The molecule has 0 saturated heterocycles. The maximum atomic E-state index is 10.5. The lowest BCUT2D eigenvalue weighted by atomic mass is 10.1. The second kappa shape index (κ2) is 4.64. The number of aldehydes is 1. The van der Waals surface area contributed by atoms with Crippen molar-refractivity contribution in [3.05, 3.63) is 40.5 Å². The number of nitrogens with two attached hydrogens (primary N) is 2. The highest BCUT2D eigenvalue weighted by molar-refractivity contribution is 6.33. The zero-order chi connectivity index (χ0) is 10.6. The lowest BCUT2D eigenvalue weighted by molar-refractivity contribution is 0.112. The molecule has 1 aromatic carbocycles. The van der Waals surface area contributed by atoms with Gasteiger partial charge in [-0.3, -0.25) is 10.6 Å². The molecular formula is C9H10ClN3O. The highest BCUT2D eigenvalue weighted by atomic mass is 35.5. The fourth-order valence-electron chi connectivity index (χ4n) is 0.975. The van der Waals surface area contributed by atoms with E-state index in [2.05, 4.69) is 5.43 Å². The third-order valence-corrected chi connectivity index (χ3v) is 2.03. The highest BCUT2D eigenvalue weighted by Crippen LogP contribution is 2.18. The van der Waals surface area contributed by atoms with Gasteiger partial charge in [-0.1, -0.05) is 17.7 Å². The van der Waals surface area contributed by atoms with E-state index in [1.165, 1.54) is 6.20 Å². The maximum absolute atomic E-state index is 10.5. The van der Waals surface area contributed by atoms with Crippen LogP contribution in [0.5, 0.6) is 0 Å². The molecule has 0 aliphatic heterocycles. The molecule has 5 N–H and O–H groups in total. The molecule has 0 radical (unpaired) electrons. The van der Waals surface area contributed by atoms with E-state index in [1.807, 2.05) is 0 Å². The summed E-state index contributed by atoms with van der Waals surface area (Å²) in [5.41, 5.74) is 9.54. The molecule has 0 aromatic heterocycles. The summed E-state index contributed by atoms with van der Waals surface area (Å²) < 4.78 is 0. The van der Waals surface area contributed by atoms with Crippen LogP contribution in [0.3, 0.4) is 0 Å². The van der Waals surface area contributed by atoms with Crippen LogP contribution in [-0.2, 0) is 0 Å². The summed E-state index contributed by atoms with van der Waals surface area (Å²) in [6, 6.07) is 4.90. The smallest absolute Gasteiger partial charge is 0.151 e. The molecular weight excluding hydrogens is 202 g/mol. The summed E-state index contributed by atoms with van der Waals surface area (Å²) in [7, 11) is 0. The quantitative estimate of drug-likeness (QED) is 0.394. The molecule has 0 amide bonds. The average molecular weight is 212 g/mol. The number of carbonyl (C=O) groups is 1. The molecule has 1 aromatic rings.